The zero-order valence-electron chi connectivity index (χ0n) is 13.3. The number of carbonyl (C=O) groups is 1. The zero-order chi connectivity index (χ0) is 15.0. The maximum atomic E-state index is 12.2. The molecule has 0 aliphatic heterocycles. The summed E-state index contributed by atoms with van der Waals surface area (Å²) in [4.78, 5) is 14.1. The van der Waals surface area contributed by atoms with Crippen molar-refractivity contribution in [2.75, 3.05) is 13.1 Å². The summed E-state index contributed by atoms with van der Waals surface area (Å²) in [5, 5.41) is 3.34. The Balaban J connectivity index is 2.43. The average Bonchev–Trinajstić information content (AvgIpc) is 2.40. The number of carbonyl (C=O) groups excluding carboxylic acids is 1. The van der Waals surface area contributed by atoms with Gasteiger partial charge in [-0.05, 0) is 32.4 Å². The Morgan fingerprint density at radius 1 is 1.35 bits per heavy atom. The van der Waals surface area contributed by atoms with Crippen LogP contribution >= 0.6 is 0 Å². The van der Waals surface area contributed by atoms with Crippen LogP contribution < -0.4 is 5.32 Å². The molecule has 1 aromatic rings. The van der Waals surface area contributed by atoms with Gasteiger partial charge < -0.3 is 10.2 Å². The van der Waals surface area contributed by atoms with E-state index in [1.54, 1.807) is 0 Å². The molecule has 0 unspecified atom stereocenters. The number of nitrogens with one attached hydrogen (secondary N) is 1. The van der Waals surface area contributed by atoms with Crippen LogP contribution in [0.5, 0.6) is 0 Å². The third-order valence-electron chi connectivity index (χ3n) is 3.31. The van der Waals surface area contributed by atoms with Crippen LogP contribution in [-0.4, -0.2) is 29.9 Å². The highest BCUT2D eigenvalue weighted by atomic mass is 16.2. The summed E-state index contributed by atoms with van der Waals surface area (Å²) in [6.07, 6.45) is 1.53. The summed E-state index contributed by atoms with van der Waals surface area (Å²) in [6.45, 7) is 10.8. The molecule has 3 nitrogen and oxygen atoms in total. The third kappa shape index (κ3) is 6.20. The molecule has 20 heavy (non-hydrogen) atoms. The van der Waals surface area contributed by atoms with Crippen molar-refractivity contribution in [3.8, 4) is 0 Å². The van der Waals surface area contributed by atoms with E-state index >= 15 is 0 Å². The number of amides is 1. The van der Waals surface area contributed by atoms with Crippen LogP contribution in [0.4, 0.5) is 0 Å². The van der Waals surface area contributed by atoms with Gasteiger partial charge in [-0.3, -0.25) is 4.79 Å². The molecule has 0 heterocycles. The third-order valence-corrected chi connectivity index (χ3v) is 3.31. The summed E-state index contributed by atoms with van der Waals surface area (Å²) in [5.41, 5.74) is 2.45. The first-order valence-corrected chi connectivity index (χ1v) is 7.59. The number of nitrogens with zero attached hydrogens (tertiary/aromatic N) is 1. The van der Waals surface area contributed by atoms with Crippen LogP contribution in [-0.2, 0) is 11.3 Å². The minimum Gasteiger partial charge on any atom is -0.339 e. The highest BCUT2D eigenvalue weighted by Gasteiger charge is 2.11. The quantitative estimate of drug-likeness (QED) is 0.740. The van der Waals surface area contributed by atoms with Crippen molar-refractivity contribution in [1.82, 2.24) is 10.2 Å². The van der Waals surface area contributed by atoms with Crippen LogP contribution in [0.25, 0.3) is 0 Å². The Bertz CT molecular complexity index is 415. The molecule has 0 bridgehead atoms. The molecule has 0 aliphatic rings. The van der Waals surface area contributed by atoms with Crippen LogP contribution in [0.15, 0.2) is 24.3 Å². The molecule has 0 saturated heterocycles. The second-order valence-electron chi connectivity index (χ2n) is 5.61. The molecule has 0 atom stereocenters. The highest BCUT2D eigenvalue weighted by molar-refractivity contribution is 5.76. The number of rotatable bonds is 8. The van der Waals surface area contributed by atoms with Crippen molar-refractivity contribution in [2.24, 2.45) is 0 Å². The molecule has 1 aromatic carbocycles. The molecule has 1 N–H and O–H groups in total. The molecule has 0 aliphatic carbocycles. The maximum absolute atomic E-state index is 12.2. The van der Waals surface area contributed by atoms with Gasteiger partial charge in [-0.25, -0.2) is 0 Å². The van der Waals surface area contributed by atoms with Gasteiger partial charge in [0.2, 0.25) is 5.91 Å². The molecule has 0 radical (unpaired) electrons. The molecule has 0 saturated carbocycles. The van der Waals surface area contributed by atoms with Crippen molar-refractivity contribution in [3.63, 3.8) is 0 Å². The zero-order valence-corrected chi connectivity index (χ0v) is 13.3. The predicted molar refractivity (Wildman–Crippen MR) is 84.6 cm³/mol. The van der Waals surface area contributed by atoms with Gasteiger partial charge in [0.25, 0.3) is 0 Å². The fraction of sp³-hybridized carbons (Fsp3) is 0.588. The second kappa shape index (κ2) is 8.75. The van der Waals surface area contributed by atoms with Crippen LogP contribution in [0, 0.1) is 6.92 Å². The Hall–Kier alpha value is -1.35. The normalized spacial score (nSPS) is 10.8. The lowest BCUT2D eigenvalue weighted by atomic mass is 10.1. The lowest BCUT2D eigenvalue weighted by Crippen LogP contribution is -2.31. The minimum atomic E-state index is 0.250. The van der Waals surface area contributed by atoms with E-state index in [0.29, 0.717) is 19.0 Å². The monoisotopic (exact) mass is 276 g/mol. The van der Waals surface area contributed by atoms with Crippen molar-refractivity contribution >= 4 is 5.91 Å². The van der Waals surface area contributed by atoms with Crippen LogP contribution in [0.2, 0.25) is 0 Å². The molecule has 1 amide bonds. The highest BCUT2D eigenvalue weighted by Crippen LogP contribution is 2.09. The van der Waals surface area contributed by atoms with Gasteiger partial charge in [0, 0.05) is 25.6 Å². The summed E-state index contributed by atoms with van der Waals surface area (Å²) < 4.78 is 0. The van der Waals surface area contributed by atoms with Crippen molar-refractivity contribution in [2.45, 2.75) is 53.1 Å². The topological polar surface area (TPSA) is 32.3 Å². The number of benzene rings is 1. The lowest BCUT2D eigenvalue weighted by molar-refractivity contribution is -0.131. The number of hydrogen-bond acceptors (Lipinski definition) is 2. The lowest BCUT2D eigenvalue weighted by Gasteiger charge is -2.21. The molecular weight excluding hydrogens is 248 g/mol. The standard InChI is InChI=1S/C17H28N2O/c1-5-19(13-16-9-6-8-15(4)12-16)17(20)10-7-11-18-14(2)3/h6,8-9,12,14,18H,5,7,10-11,13H2,1-4H3. The van der Waals surface area contributed by atoms with E-state index in [4.69, 9.17) is 0 Å². The first kappa shape index (κ1) is 16.7. The van der Waals surface area contributed by atoms with Gasteiger partial charge in [-0.15, -0.1) is 0 Å². The molecule has 1 rings (SSSR count). The Morgan fingerprint density at radius 3 is 2.70 bits per heavy atom. The van der Waals surface area contributed by atoms with E-state index in [1.807, 2.05) is 11.8 Å². The van der Waals surface area contributed by atoms with Gasteiger partial charge >= 0.3 is 0 Å². The smallest absolute Gasteiger partial charge is 0.222 e. The predicted octanol–water partition coefficient (Wildman–Crippen LogP) is 3.12. The fourth-order valence-corrected chi connectivity index (χ4v) is 2.20. The molecule has 0 fully saturated rings. The summed E-state index contributed by atoms with van der Waals surface area (Å²) in [6, 6.07) is 8.86. The van der Waals surface area contributed by atoms with Gasteiger partial charge in [0.15, 0.2) is 0 Å². The van der Waals surface area contributed by atoms with E-state index in [9.17, 15) is 4.79 Å². The van der Waals surface area contributed by atoms with E-state index < -0.39 is 0 Å². The SMILES string of the molecule is CCN(Cc1cccc(C)c1)C(=O)CCCNC(C)C. The molecule has 112 valence electrons. The van der Waals surface area contributed by atoms with Crippen molar-refractivity contribution in [3.05, 3.63) is 35.4 Å². The maximum Gasteiger partial charge on any atom is 0.222 e. The van der Waals surface area contributed by atoms with Crippen molar-refractivity contribution < 1.29 is 4.79 Å². The largest absolute Gasteiger partial charge is 0.339 e. The van der Waals surface area contributed by atoms with Crippen LogP contribution in [0.3, 0.4) is 0 Å². The van der Waals surface area contributed by atoms with Gasteiger partial charge in [0.1, 0.15) is 0 Å². The average molecular weight is 276 g/mol. The number of hydrogen-bond donors (Lipinski definition) is 1. The first-order chi connectivity index (χ1) is 9.52. The number of aryl methyl sites for hydroxylation is 1. The van der Waals surface area contributed by atoms with Crippen LogP contribution in [0.1, 0.15) is 44.7 Å². The van der Waals surface area contributed by atoms with Gasteiger partial charge in [-0.1, -0.05) is 43.7 Å². The molecule has 0 aromatic heterocycles. The van der Waals surface area contributed by atoms with E-state index in [0.717, 1.165) is 19.5 Å². The van der Waals surface area contributed by atoms with E-state index in [1.165, 1.54) is 11.1 Å². The summed E-state index contributed by atoms with van der Waals surface area (Å²) >= 11 is 0. The van der Waals surface area contributed by atoms with E-state index in [-0.39, 0.29) is 5.91 Å². The van der Waals surface area contributed by atoms with Gasteiger partial charge in [0.05, 0.1) is 0 Å². The Labute approximate surface area is 123 Å². The Kier molecular flexibility index (Phi) is 7.31. The fourth-order valence-electron chi connectivity index (χ4n) is 2.20. The van der Waals surface area contributed by atoms with E-state index in [2.05, 4.69) is 50.4 Å². The molecule has 0 spiro atoms. The molecule has 3 heteroatoms. The Morgan fingerprint density at radius 2 is 2.10 bits per heavy atom. The minimum absolute atomic E-state index is 0.250. The van der Waals surface area contributed by atoms with Crippen molar-refractivity contribution in [1.29, 1.82) is 0 Å². The summed E-state index contributed by atoms with van der Waals surface area (Å²) in [5.74, 6) is 0.250. The first-order valence-electron chi connectivity index (χ1n) is 7.59. The van der Waals surface area contributed by atoms with Gasteiger partial charge in [-0.2, -0.15) is 0 Å². The summed E-state index contributed by atoms with van der Waals surface area (Å²) in [7, 11) is 0. The molecular formula is C17H28N2O. The second-order valence-corrected chi connectivity index (χ2v) is 5.61.